The highest BCUT2D eigenvalue weighted by atomic mass is 15.3. The van der Waals surface area contributed by atoms with Gasteiger partial charge < -0.3 is 15.5 Å². The van der Waals surface area contributed by atoms with E-state index in [9.17, 15) is 0 Å². The van der Waals surface area contributed by atoms with Crippen LogP contribution in [-0.4, -0.2) is 58.8 Å². The fourth-order valence-electron chi connectivity index (χ4n) is 3.68. The molecule has 2 aliphatic heterocycles. The lowest BCUT2D eigenvalue weighted by atomic mass is 9.96. The van der Waals surface area contributed by atoms with Gasteiger partial charge in [0.1, 0.15) is 5.82 Å². The van der Waals surface area contributed by atoms with E-state index in [-0.39, 0.29) is 0 Å². The molecule has 0 unspecified atom stereocenters. The Morgan fingerprint density at radius 1 is 1.05 bits per heavy atom. The molecule has 5 nitrogen and oxygen atoms in total. The zero-order valence-corrected chi connectivity index (χ0v) is 13.1. The minimum atomic E-state index is 0.623. The Balaban J connectivity index is 1.30. The van der Waals surface area contributed by atoms with Gasteiger partial charge in [-0.15, -0.1) is 0 Å². The molecule has 0 bridgehead atoms. The number of aryl methyl sites for hydroxylation is 1. The van der Waals surface area contributed by atoms with Crippen LogP contribution in [0.25, 0.3) is 0 Å². The lowest BCUT2D eigenvalue weighted by molar-refractivity contribution is 0.151. The van der Waals surface area contributed by atoms with Crippen molar-refractivity contribution < 1.29 is 0 Å². The number of rotatable bonds is 6. The Kier molecular flexibility index (Phi) is 5.14. The van der Waals surface area contributed by atoms with Crippen LogP contribution in [0.1, 0.15) is 32.1 Å². The van der Waals surface area contributed by atoms with Gasteiger partial charge in [-0.05, 0) is 76.8 Å². The predicted molar refractivity (Wildman–Crippen MR) is 86.1 cm³/mol. The topological polar surface area (TPSA) is 50.3 Å². The Bertz CT molecular complexity index is 416. The van der Waals surface area contributed by atoms with Gasteiger partial charge in [0.25, 0.3) is 0 Å². The zero-order chi connectivity index (χ0) is 14.5. The number of nitrogen functional groups attached to an aromatic ring is 1. The maximum absolute atomic E-state index is 5.63. The molecule has 2 fully saturated rings. The van der Waals surface area contributed by atoms with Gasteiger partial charge in [-0.1, -0.05) is 0 Å². The third-order valence-electron chi connectivity index (χ3n) is 4.95. The SMILES string of the molecule is Nc1ccn(CCCN2CCC(CN3CCCC3)CC2)n1. The van der Waals surface area contributed by atoms with Gasteiger partial charge >= 0.3 is 0 Å². The molecule has 5 heteroatoms. The van der Waals surface area contributed by atoms with Crippen LogP contribution in [0.15, 0.2) is 12.3 Å². The number of piperidine rings is 1. The Morgan fingerprint density at radius 3 is 2.48 bits per heavy atom. The highest BCUT2D eigenvalue weighted by molar-refractivity contribution is 5.23. The lowest BCUT2D eigenvalue weighted by Crippen LogP contribution is -2.38. The second-order valence-electron chi connectivity index (χ2n) is 6.65. The molecule has 2 aliphatic rings. The van der Waals surface area contributed by atoms with Gasteiger partial charge in [0.2, 0.25) is 0 Å². The largest absolute Gasteiger partial charge is 0.382 e. The van der Waals surface area contributed by atoms with Gasteiger partial charge in [-0.2, -0.15) is 5.10 Å². The van der Waals surface area contributed by atoms with E-state index < -0.39 is 0 Å². The summed E-state index contributed by atoms with van der Waals surface area (Å²) in [7, 11) is 0. The molecule has 0 aliphatic carbocycles. The van der Waals surface area contributed by atoms with E-state index in [0.717, 1.165) is 18.9 Å². The number of hydrogen-bond acceptors (Lipinski definition) is 4. The van der Waals surface area contributed by atoms with E-state index >= 15 is 0 Å². The smallest absolute Gasteiger partial charge is 0.145 e. The molecule has 1 aromatic heterocycles. The van der Waals surface area contributed by atoms with E-state index in [4.69, 9.17) is 5.73 Å². The maximum atomic E-state index is 5.63. The number of nitrogens with two attached hydrogens (primary N) is 1. The van der Waals surface area contributed by atoms with Crippen molar-refractivity contribution in [2.24, 2.45) is 5.92 Å². The molecule has 3 heterocycles. The average Bonchev–Trinajstić information content (AvgIpc) is 3.13. The summed E-state index contributed by atoms with van der Waals surface area (Å²) in [4.78, 5) is 5.29. The number of aromatic nitrogens is 2. The molecular weight excluding hydrogens is 262 g/mol. The van der Waals surface area contributed by atoms with Crippen LogP contribution in [-0.2, 0) is 6.54 Å². The van der Waals surface area contributed by atoms with Crippen molar-refractivity contribution in [3.05, 3.63) is 12.3 Å². The second-order valence-corrected chi connectivity index (χ2v) is 6.65. The van der Waals surface area contributed by atoms with Crippen molar-refractivity contribution in [1.82, 2.24) is 19.6 Å². The van der Waals surface area contributed by atoms with Crippen molar-refractivity contribution in [2.75, 3.05) is 45.0 Å². The number of anilines is 1. The van der Waals surface area contributed by atoms with Crippen molar-refractivity contribution >= 4 is 5.82 Å². The molecule has 0 radical (unpaired) electrons. The molecule has 0 spiro atoms. The van der Waals surface area contributed by atoms with Crippen LogP contribution in [0.4, 0.5) is 5.82 Å². The third-order valence-corrected chi connectivity index (χ3v) is 4.95. The minimum Gasteiger partial charge on any atom is -0.382 e. The van der Waals surface area contributed by atoms with Crippen LogP contribution < -0.4 is 5.73 Å². The molecule has 3 rings (SSSR count). The summed E-state index contributed by atoms with van der Waals surface area (Å²) >= 11 is 0. The predicted octanol–water partition coefficient (Wildman–Crippen LogP) is 1.66. The highest BCUT2D eigenvalue weighted by Crippen LogP contribution is 2.20. The van der Waals surface area contributed by atoms with Crippen molar-refractivity contribution in [3.63, 3.8) is 0 Å². The van der Waals surface area contributed by atoms with E-state index in [1.807, 2.05) is 16.9 Å². The molecule has 1 aromatic rings. The van der Waals surface area contributed by atoms with Crippen LogP contribution in [0.3, 0.4) is 0 Å². The van der Waals surface area contributed by atoms with Crippen LogP contribution >= 0.6 is 0 Å². The van der Waals surface area contributed by atoms with Crippen LogP contribution in [0.2, 0.25) is 0 Å². The Labute approximate surface area is 128 Å². The summed E-state index contributed by atoms with van der Waals surface area (Å²) in [5.74, 6) is 1.56. The summed E-state index contributed by atoms with van der Waals surface area (Å²) in [6.45, 7) is 8.75. The molecule has 118 valence electrons. The molecular formula is C16H29N5. The number of nitrogens with zero attached hydrogens (tertiary/aromatic N) is 4. The van der Waals surface area contributed by atoms with E-state index in [1.165, 1.54) is 65.0 Å². The number of hydrogen-bond donors (Lipinski definition) is 1. The molecule has 0 atom stereocenters. The van der Waals surface area contributed by atoms with Crippen LogP contribution in [0, 0.1) is 5.92 Å². The molecule has 0 aromatic carbocycles. The van der Waals surface area contributed by atoms with E-state index in [1.54, 1.807) is 0 Å². The summed E-state index contributed by atoms with van der Waals surface area (Å²) in [5.41, 5.74) is 5.63. The van der Waals surface area contributed by atoms with Gasteiger partial charge in [0.05, 0.1) is 0 Å². The average molecular weight is 291 g/mol. The quantitative estimate of drug-likeness (QED) is 0.866. The monoisotopic (exact) mass is 291 g/mol. The first-order valence-electron chi connectivity index (χ1n) is 8.53. The fourth-order valence-corrected chi connectivity index (χ4v) is 3.68. The first kappa shape index (κ1) is 14.9. The summed E-state index contributed by atoms with van der Waals surface area (Å²) in [6, 6.07) is 1.86. The standard InChI is InChI=1S/C16H29N5/c17-16-6-13-21(18-16)10-3-9-19-11-4-15(5-12-19)14-20-7-1-2-8-20/h6,13,15H,1-5,7-12,14H2,(H2,17,18). The van der Waals surface area contributed by atoms with Gasteiger partial charge in [-0.3, -0.25) is 4.68 Å². The summed E-state index contributed by atoms with van der Waals surface area (Å²) in [6.07, 6.45) is 8.72. The van der Waals surface area contributed by atoms with Crippen molar-refractivity contribution in [3.8, 4) is 0 Å². The molecule has 2 N–H and O–H groups in total. The van der Waals surface area contributed by atoms with Crippen molar-refractivity contribution in [1.29, 1.82) is 0 Å². The Morgan fingerprint density at radius 2 is 1.81 bits per heavy atom. The number of likely N-dealkylation sites (tertiary alicyclic amines) is 2. The normalized spacial score (nSPS) is 22.1. The molecule has 0 amide bonds. The second kappa shape index (κ2) is 7.27. The first-order chi connectivity index (χ1) is 10.3. The van der Waals surface area contributed by atoms with Gasteiger partial charge in [0.15, 0.2) is 0 Å². The maximum Gasteiger partial charge on any atom is 0.145 e. The van der Waals surface area contributed by atoms with Gasteiger partial charge in [-0.25, -0.2) is 0 Å². The third kappa shape index (κ3) is 4.45. The zero-order valence-electron chi connectivity index (χ0n) is 13.1. The summed E-state index contributed by atoms with van der Waals surface area (Å²) in [5, 5.41) is 4.23. The van der Waals surface area contributed by atoms with E-state index in [2.05, 4.69) is 14.9 Å². The summed E-state index contributed by atoms with van der Waals surface area (Å²) < 4.78 is 1.95. The van der Waals surface area contributed by atoms with Crippen LogP contribution in [0.5, 0.6) is 0 Å². The fraction of sp³-hybridized carbons (Fsp3) is 0.812. The van der Waals surface area contributed by atoms with Gasteiger partial charge in [0, 0.05) is 19.3 Å². The lowest BCUT2D eigenvalue weighted by Gasteiger charge is -2.33. The molecule has 21 heavy (non-hydrogen) atoms. The molecule has 0 saturated carbocycles. The molecule has 2 saturated heterocycles. The highest BCUT2D eigenvalue weighted by Gasteiger charge is 2.22. The first-order valence-corrected chi connectivity index (χ1v) is 8.53. The Hall–Kier alpha value is -1.07. The van der Waals surface area contributed by atoms with Crippen molar-refractivity contribution in [2.45, 2.75) is 38.6 Å². The minimum absolute atomic E-state index is 0.623. The van der Waals surface area contributed by atoms with E-state index in [0.29, 0.717) is 5.82 Å².